The molecule has 120 valence electrons. The lowest BCUT2D eigenvalue weighted by atomic mass is 10.1. The molecule has 1 atom stereocenters. The highest BCUT2D eigenvalue weighted by Crippen LogP contribution is 2.32. The van der Waals surface area contributed by atoms with Gasteiger partial charge in [-0.2, -0.15) is 0 Å². The van der Waals surface area contributed by atoms with Crippen LogP contribution in [0.5, 0.6) is 0 Å². The molecular formula is C17H25N3OS. The first-order chi connectivity index (χ1) is 10.6. The normalized spacial score (nSPS) is 12.4. The highest BCUT2D eigenvalue weighted by Gasteiger charge is 2.14. The largest absolute Gasteiger partial charge is 0.396 e. The van der Waals surface area contributed by atoms with Crippen LogP contribution in [0.3, 0.4) is 0 Å². The van der Waals surface area contributed by atoms with Gasteiger partial charge in [-0.3, -0.25) is 0 Å². The first kappa shape index (κ1) is 16.9. The van der Waals surface area contributed by atoms with Crippen LogP contribution in [-0.4, -0.2) is 36.8 Å². The van der Waals surface area contributed by atoms with Crippen LogP contribution in [0.25, 0.3) is 11.3 Å². The summed E-state index contributed by atoms with van der Waals surface area (Å²) in [6.07, 6.45) is 1.82. The Morgan fingerprint density at radius 2 is 2.00 bits per heavy atom. The molecule has 22 heavy (non-hydrogen) atoms. The van der Waals surface area contributed by atoms with Gasteiger partial charge in [0.1, 0.15) is 0 Å². The van der Waals surface area contributed by atoms with Gasteiger partial charge in [-0.15, -0.1) is 0 Å². The standard InChI is InChI=1S/C17H25N3OS/c1-13(8-7-11-21)18-12-15-16(14-9-5-4-6-10-14)19-17(22-15)20(2)3/h4-6,9-10,13,18,21H,7-8,11-12H2,1-3H3. The molecule has 0 bridgehead atoms. The minimum Gasteiger partial charge on any atom is -0.396 e. The third-order valence-corrected chi connectivity index (χ3v) is 4.75. The van der Waals surface area contributed by atoms with Crippen molar-refractivity contribution in [2.75, 3.05) is 25.6 Å². The Balaban J connectivity index is 2.15. The first-order valence-electron chi connectivity index (χ1n) is 7.68. The van der Waals surface area contributed by atoms with Gasteiger partial charge in [-0.1, -0.05) is 41.7 Å². The molecule has 0 amide bonds. The second-order valence-electron chi connectivity index (χ2n) is 5.68. The van der Waals surface area contributed by atoms with Crippen LogP contribution in [0.15, 0.2) is 30.3 Å². The lowest BCUT2D eigenvalue weighted by Crippen LogP contribution is -2.25. The molecule has 0 aliphatic heterocycles. The van der Waals surface area contributed by atoms with E-state index in [-0.39, 0.29) is 6.61 Å². The van der Waals surface area contributed by atoms with Crippen molar-refractivity contribution < 1.29 is 5.11 Å². The number of aliphatic hydroxyl groups excluding tert-OH is 1. The van der Waals surface area contributed by atoms with Crippen molar-refractivity contribution >= 4 is 16.5 Å². The van der Waals surface area contributed by atoms with Crippen LogP contribution in [0.1, 0.15) is 24.6 Å². The van der Waals surface area contributed by atoms with Gasteiger partial charge < -0.3 is 15.3 Å². The van der Waals surface area contributed by atoms with E-state index >= 15 is 0 Å². The molecule has 2 rings (SSSR count). The zero-order chi connectivity index (χ0) is 15.9. The summed E-state index contributed by atoms with van der Waals surface area (Å²) in [5.41, 5.74) is 2.22. The predicted octanol–water partition coefficient (Wildman–Crippen LogP) is 3.13. The van der Waals surface area contributed by atoms with Gasteiger partial charge in [-0.25, -0.2) is 4.98 Å². The van der Waals surface area contributed by atoms with Crippen LogP contribution in [0, 0.1) is 0 Å². The Bertz CT molecular complexity index is 569. The maximum absolute atomic E-state index is 8.92. The highest BCUT2D eigenvalue weighted by molar-refractivity contribution is 7.16. The Morgan fingerprint density at radius 3 is 2.64 bits per heavy atom. The van der Waals surface area contributed by atoms with E-state index in [1.807, 2.05) is 32.3 Å². The molecule has 5 heteroatoms. The molecular weight excluding hydrogens is 294 g/mol. The number of thiazole rings is 1. The molecule has 0 aliphatic carbocycles. The summed E-state index contributed by atoms with van der Waals surface area (Å²) in [4.78, 5) is 8.09. The molecule has 0 fully saturated rings. The minimum atomic E-state index is 0.257. The molecule has 1 aromatic heterocycles. The zero-order valence-electron chi connectivity index (χ0n) is 13.5. The van der Waals surface area contributed by atoms with Gasteiger partial charge in [0.05, 0.1) is 5.69 Å². The van der Waals surface area contributed by atoms with Crippen LogP contribution in [0.4, 0.5) is 5.13 Å². The van der Waals surface area contributed by atoms with Gasteiger partial charge in [-0.05, 0) is 19.8 Å². The van der Waals surface area contributed by atoms with E-state index in [0.29, 0.717) is 6.04 Å². The third kappa shape index (κ3) is 4.53. The van der Waals surface area contributed by atoms with Crippen LogP contribution >= 0.6 is 11.3 Å². The van der Waals surface area contributed by atoms with Gasteiger partial charge >= 0.3 is 0 Å². The number of aliphatic hydroxyl groups is 1. The molecule has 1 unspecified atom stereocenters. The van der Waals surface area contributed by atoms with Gasteiger partial charge in [0.25, 0.3) is 0 Å². The van der Waals surface area contributed by atoms with Crippen molar-refractivity contribution in [2.45, 2.75) is 32.4 Å². The summed E-state index contributed by atoms with van der Waals surface area (Å²) < 4.78 is 0. The number of hydrogen-bond acceptors (Lipinski definition) is 5. The Morgan fingerprint density at radius 1 is 1.27 bits per heavy atom. The Kier molecular flexibility index (Phi) is 6.36. The monoisotopic (exact) mass is 319 g/mol. The van der Waals surface area contributed by atoms with Gasteiger partial charge in [0.15, 0.2) is 5.13 Å². The second kappa shape index (κ2) is 8.27. The number of hydrogen-bond donors (Lipinski definition) is 2. The number of nitrogens with one attached hydrogen (secondary N) is 1. The van der Waals surface area contributed by atoms with Gasteiger partial charge in [0, 0.05) is 43.7 Å². The number of benzene rings is 1. The van der Waals surface area contributed by atoms with E-state index < -0.39 is 0 Å². The number of aromatic nitrogens is 1. The quantitative estimate of drug-likeness (QED) is 0.785. The fourth-order valence-electron chi connectivity index (χ4n) is 2.24. The molecule has 2 aromatic rings. The molecule has 4 nitrogen and oxygen atoms in total. The van der Waals surface area contributed by atoms with Crippen molar-refractivity contribution in [1.82, 2.24) is 10.3 Å². The van der Waals surface area contributed by atoms with Crippen molar-refractivity contribution in [2.24, 2.45) is 0 Å². The smallest absolute Gasteiger partial charge is 0.185 e. The zero-order valence-corrected chi connectivity index (χ0v) is 14.4. The van der Waals surface area contributed by atoms with Crippen molar-refractivity contribution in [3.63, 3.8) is 0 Å². The maximum Gasteiger partial charge on any atom is 0.185 e. The summed E-state index contributed by atoms with van der Waals surface area (Å²) >= 11 is 1.73. The lowest BCUT2D eigenvalue weighted by molar-refractivity contribution is 0.276. The number of anilines is 1. The number of rotatable bonds is 8. The van der Waals surface area contributed by atoms with Crippen LogP contribution < -0.4 is 10.2 Å². The Labute approximate surface area is 136 Å². The van der Waals surface area contributed by atoms with Crippen molar-refractivity contribution in [3.05, 3.63) is 35.2 Å². The molecule has 0 saturated carbocycles. The van der Waals surface area contributed by atoms with E-state index in [1.54, 1.807) is 11.3 Å². The topological polar surface area (TPSA) is 48.4 Å². The van der Waals surface area contributed by atoms with E-state index in [0.717, 1.165) is 35.8 Å². The van der Waals surface area contributed by atoms with E-state index in [4.69, 9.17) is 10.1 Å². The summed E-state index contributed by atoms with van der Waals surface area (Å²) in [6, 6.07) is 10.7. The number of nitrogens with zero attached hydrogens (tertiary/aromatic N) is 2. The van der Waals surface area contributed by atoms with Crippen molar-refractivity contribution in [1.29, 1.82) is 0 Å². The van der Waals surface area contributed by atoms with Crippen molar-refractivity contribution in [3.8, 4) is 11.3 Å². The van der Waals surface area contributed by atoms with Gasteiger partial charge in [0.2, 0.25) is 0 Å². The molecule has 2 N–H and O–H groups in total. The van der Waals surface area contributed by atoms with Crippen LogP contribution in [-0.2, 0) is 6.54 Å². The second-order valence-corrected chi connectivity index (χ2v) is 6.74. The highest BCUT2D eigenvalue weighted by atomic mass is 32.1. The van der Waals surface area contributed by atoms with Crippen LogP contribution in [0.2, 0.25) is 0 Å². The third-order valence-electron chi connectivity index (χ3n) is 3.52. The van der Waals surface area contributed by atoms with E-state index in [9.17, 15) is 0 Å². The Hall–Kier alpha value is -1.43. The van der Waals surface area contributed by atoms with E-state index in [1.165, 1.54) is 4.88 Å². The molecule has 0 saturated heterocycles. The fourth-order valence-corrected chi connectivity index (χ4v) is 3.19. The summed E-state index contributed by atoms with van der Waals surface area (Å²) in [7, 11) is 4.05. The fraction of sp³-hybridized carbons (Fsp3) is 0.471. The SMILES string of the molecule is CC(CCCO)NCc1sc(N(C)C)nc1-c1ccccc1. The summed E-state index contributed by atoms with van der Waals surface area (Å²) in [5, 5.41) is 13.5. The van der Waals surface area contributed by atoms with E-state index in [2.05, 4.69) is 29.3 Å². The molecule has 0 radical (unpaired) electrons. The lowest BCUT2D eigenvalue weighted by Gasteiger charge is -2.12. The average Bonchev–Trinajstić information content (AvgIpc) is 2.96. The maximum atomic E-state index is 8.92. The molecule has 0 spiro atoms. The molecule has 1 heterocycles. The average molecular weight is 319 g/mol. The predicted molar refractivity (Wildman–Crippen MR) is 94.5 cm³/mol. The minimum absolute atomic E-state index is 0.257. The summed E-state index contributed by atoms with van der Waals surface area (Å²) in [6.45, 7) is 3.22. The first-order valence-corrected chi connectivity index (χ1v) is 8.50. The summed E-state index contributed by atoms with van der Waals surface area (Å²) in [5.74, 6) is 0. The molecule has 0 aliphatic rings. The molecule has 1 aromatic carbocycles.